The largest absolute Gasteiger partial charge is 0.383 e. The average Bonchev–Trinajstić information content (AvgIpc) is 3.51. The molecule has 2 fully saturated rings. The van der Waals surface area contributed by atoms with Gasteiger partial charge >= 0.3 is 0 Å². The molecule has 0 aliphatic heterocycles. The number of benzene rings is 1. The van der Waals surface area contributed by atoms with Crippen molar-refractivity contribution in [2.45, 2.75) is 63.1 Å². The number of nitrogens with one attached hydrogen (secondary N) is 1. The lowest BCUT2D eigenvalue weighted by Crippen LogP contribution is -2.43. The second-order valence-corrected chi connectivity index (χ2v) is 7.63. The van der Waals surface area contributed by atoms with E-state index in [0.717, 1.165) is 37.7 Å². The van der Waals surface area contributed by atoms with Crippen LogP contribution in [0, 0.1) is 11.8 Å². The van der Waals surface area contributed by atoms with E-state index in [4.69, 9.17) is 5.73 Å². The molecule has 0 spiro atoms. The molecule has 6 heteroatoms. The van der Waals surface area contributed by atoms with Crippen molar-refractivity contribution < 1.29 is 14.7 Å². The minimum atomic E-state index is -1.18. The van der Waals surface area contributed by atoms with Crippen LogP contribution in [0.5, 0.6) is 0 Å². The smallest absolute Gasteiger partial charge is 0.249 e. The minimum Gasteiger partial charge on any atom is -0.383 e. The Labute approximate surface area is 161 Å². The van der Waals surface area contributed by atoms with Gasteiger partial charge in [0.15, 0.2) is 0 Å². The van der Waals surface area contributed by atoms with Crippen molar-refractivity contribution in [2.75, 3.05) is 0 Å². The summed E-state index contributed by atoms with van der Waals surface area (Å²) in [6.45, 7) is 0. The van der Waals surface area contributed by atoms with Crippen LogP contribution in [0.25, 0.3) is 0 Å². The molecule has 4 N–H and O–H groups in total. The predicted octanol–water partition coefficient (Wildman–Crippen LogP) is 1.99. The van der Waals surface area contributed by atoms with E-state index in [0.29, 0.717) is 12.3 Å². The number of carbonyl (C=O) groups excluding carboxylic acids is 2. The maximum Gasteiger partial charge on any atom is 0.249 e. The van der Waals surface area contributed by atoms with Crippen molar-refractivity contribution in [3.63, 3.8) is 0 Å². The molecule has 0 heterocycles. The Morgan fingerprint density at radius 3 is 2.38 bits per heavy atom. The number of halogens is 1. The van der Waals surface area contributed by atoms with Crippen molar-refractivity contribution in [2.24, 2.45) is 17.6 Å². The summed E-state index contributed by atoms with van der Waals surface area (Å²) < 4.78 is 0. The summed E-state index contributed by atoms with van der Waals surface area (Å²) >= 11 is 0. The van der Waals surface area contributed by atoms with Gasteiger partial charge in [0.25, 0.3) is 0 Å². The molecule has 0 aromatic heterocycles. The minimum absolute atomic E-state index is 0. The molecule has 2 aliphatic rings. The number of aliphatic hydroxyl groups is 1. The quantitative estimate of drug-likeness (QED) is 0.578. The third-order valence-corrected chi connectivity index (χ3v) is 5.14. The highest BCUT2D eigenvalue weighted by molar-refractivity contribution is 5.86. The number of hydrogen-bond acceptors (Lipinski definition) is 4. The van der Waals surface area contributed by atoms with Gasteiger partial charge in [-0.1, -0.05) is 43.2 Å². The molecule has 5 nitrogen and oxygen atoms in total. The van der Waals surface area contributed by atoms with E-state index in [1.807, 2.05) is 30.3 Å². The molecule has 1 aromatic carbocycles. The Balaban J connectivity index is 0.00000243. The number of aliphatic hydroxyl groups excluding tert-OH is 1. The Morgan fingerprint density at radius 1 is 1.15 bits per heavy atom. The Morgan fingerprint density at radius 2 is 1.81 bits per heavy atom. The molecule has 1 amide bonds. The van der Waals surface area contributed by atoms with Crippen LogP contribution in [0.1, 0.15) is 44.1 Å². The third kappa shape index (κ3) is 6.38. The van der Waals surface area contributed by atoms with E-state index < -0.39 is 18.1 Å². The Hall–Kier alpha value is -1.43. The van der Waals surface area contributed by atoms with Crippen molar-refractivity contribution in [3.8, 4) is 0 Å². The van der Waals surface area contributed by atoms with Gasteiger partial charge in [-0.15, -0.1) is 12.4 Å². The molecule has 0 bridgehead atoms. The zero-order chi connectivity index (χ0) is 17.8. The topological polar surface area (TPSA) is 92.4 Å². The lowest BCUT2D eigenvalue weighted by atomic mass is 9.86. The lowest BCUT2D eigenvalue weighted by molar-refractivity contribution is -0.133. The zero-order valence-corrected chi connectivity index (χ0v) is 15.8. The van der Waals surface area contributed by atoms with Gasteiger partial charge in [0.05, 0.1) is 6.04 Å². The molecule has 2 aliphatic carbocycles. The normalized spacial score (nSPS) is 19.8. The third-order valence-electron chi connectivity index (χ3n) is 5.14. The van der Waals surface area contributed by atoms with E-state index in [1.165, 1.54) is 0 Å². The monoisotopic (exact) mass is 380 g/mol. The van der Waals surface area contributed by atoms with E-state index in [9.17, 15) is 14.7 Å². The van der Waals surface area contributed by atoms with Crippen LogP contribution in [-0.4, -0.2) is 35.0 Å². The van der Waals surface area contributed by atoms with Crippen LogP contribution >= 0.6 is 12.4 Å². The molecule has 0 radical (unpaired) electrons. The molecule has 26 heavy (non-hydrogen) atoms. The van der Waals surface area contributed by atoms with Crippen LogP contribution in [0.3, 0.4) is 0 Å². The number of ketones is 1. The van der Waals surface area contributed by atoms with Gasteiger partial charge in [0.1, 0.15) is 11.9 Å². The standard InChI is InChI=1S/C20H28N2O3.ClH/c21-17(11-14-6-7-14)18(23)12-15(10-13-4-2-1-3-5-13)19(24)20(25)22-16-8-9-16;/h1-5,14-17,19,24H,6-12,21H2,(H,22,25);1H/t15?,17-,19?;/m0./s1. The highest BCUT2D eigenvalue weighted by atomic mass is 35.5. The van der Waals surface area contributed by atoms with Crippen molar-refractivity contribution in [3.05, 3.63) is 35.9 Å². The number of Topliss-reactive ketones (excluding diaryl/α,β-unsaturated/α-hetero) is 1. The fourth-order valence-corrected chi connectivity index (χ4v) is 3.19. The molecule has 1 aromatic rings. The summed E-state index contributed by atoms with van der Waals surface area (Å²) in [7, 11) is 0. The van der Waals surface area contributed by atoms with Crippen LogP contribution in [0.4, 0.5) is 0 Å². The second kappa shape index (κ2) is 9.49. The molecule has 2 saturated carbocycles. The average molecular weight is 381 g/mol. The van der Waals surface area contributed by atoms with Crippen molar-refractivity contribution >= 4 is 24.1 Å². The first-order chi connectivity index (χ1) is 12.0. The SMILES string of the molecule is Cl.N[C@@H](CC1CC1)C(=O)CC(Cc1ccccc1)C(O)C(=O)NC1CC1. The second-order valence-electron chi connectivity index (χ2n) is 7.63. The fraction of sp³-hybridized carbons (Fsp3) is 0.600. The van der Waals surface area contributed by atoms with Crippen molar-refractivity contribution in [1.82, 2.24) is 5.32 Å². The van der Waals surface area contributed by atoms with E-state index in [1.54, 1.807) is 0 Å². The van der Waals surface area contributed by atoms with E-state index >= 15 is 0 Å². The molecular weight excluding hydrogens is 352 g/mol. The molecule has 144 valence electrons. The summed E-state index contributed by atoms with van der Waals surface area (Å²) in [5.74, 6) is -0.286. The van der Waals surface area contributed by atoms with Crippen molar-refractivity contribution in [1.29, 1.82) is 0 Å². The number of rotatable bonds is 10. The van der Waals surface area contributed by atoms with Crippen LogP contribution < -0.4 is 11.1 Å². The summed E-state index contributed by atoms with van der Waals surface area (Å²) in [6.07, 6.45) is 4.41. The number of amides is 1. The molecule has 3 rings (SSSR count). The van der Waals surface area contributed by atoms with E-state index in [-0.39, 0.29) is 36.6 Å². The molecule has 3 atom stereocenters. The van der Waals surface area contributed by atoms with Crippen LogP contribution in [0.2, 0.25) is 0 Å². The molecule has 0 saturated heterocycles. The van der Waals surface area contributed by atoms with Gasteiger partial charge in [0, 0.05) is 18.4 Å². The lowest BCUT2D eigenvalue weighted by Gasteiger charge is -2.23. The van der Waals surface area contributed by atoms with Crippen LogP contribution in [-0.2, 0) is 16.0 Å². The maximum atomic E-state index is 12.5. The number of nitrogens with two attached hydrogens (primary N) is 1. The summed E-state index contributed by atoms with van der Waals surface area (Å²) in [5, 5.41) is 13.4. The Bertz CT molecular complexity index is 602. The predicted molar refractivity (Wildman–Crippen MR) is 103 cm³/mol. The number of carbonyl (C=O) groups is 2. The summed E-state index contributed by atoms with van der Waals surface area (Å²) in [5.41, 5.74) is 7.04. The first-order valence-corrected chi connectivity index (χ1v) is 9.33. The van der Waals surface area contributed by atoms with Gasteiger partial charge in [0.2, 0.25) is 5.91 Å². The first kappa shape index (κ1) is 20.9. The summed E-state index contributed by atoms with van der Waals surface area (Å²) in [6, 6.07) is 9.37. The van der Waals surface area contributed by atoms with Gasteiger partial charge < -0.3 is 16.2 Å². The Kier molecular flexibility index (Phi) is 7.62. The maximum absolute atomic E-state index is 12.5. The van der Waals surface area contributed by atoms with Crippen LogP contribution in [0.15, 0.2) is 30.3 Å². The zero-order valence-electron chi connectivity index (χ0n) is 15.0. The molecule has 2 unspecified atom stereocenters. The highest BCUT2D eigenvalue weighted by Gasteiger charge is 2.34. The highest BCUT2D eigenvalue weighted by Crippen LogP contribution is 2.33. The fourth-order valence-electron chi connectivity index (χ4n) is 3.19. The van der Waals surface area contributed by atoms with Gasteiger partial charge in [-0.2, -0.15) is 0 Å². The van der Waals surface area contributed by atoms with E-state index in [2.05, 4.69) is 5.32 Å². The molecular formula is C20H29ClN2O3. The van der Waals surface area contributed by atoms with Gasteiger partial charge in [-0.25, -0.2) is 0 Å². The number of hydrogen-bond donors (Lipinski definition) is 3. The van der Waals surface area contributed by atoms with Gasteiger partial charge in [-0.3, -0.25) is 9.59 Å². The summed E-state index contributed by atoms with van der Waals surface area (Å²) in [4.78, 5) is 24.8. The first-order valence-electron chi connectivity index (χ1n) is 9.33. The van der Waals surface area contributed by atoms with Gasteiger partial charge in [-0.05, 0) is 37.2 Å².